The molecule has 2 aliphatic rings. The molecule has 2 aromatic carbocycles. The number of nitrogens with one attached hydrogen (secondary N) is 1. The summed E-state index contributed by atoms with van der Waals surface area (Å²) >= 11 is 2.46. The highest BCUT2D eigenvalue weighted by molar-refractivity contribution is 7.99. The molecule has 54 heavy (non-hydrogen) atoms. The van der Waals surface area contributed by atoms with Crippen LogP contribution in [0, 0.1) is 6.92 Å². The van der Waals surface area contributed by atoms with Gasteiger partial charge >= 0.3 is 11.9 Å². The summed E-state index contributed by atoms with van der Waals surface area (Å²) in [4.78, 5) is 64.6. The molecule has 0 spiro atoms. The maximum absolute atomic E-state index is 14.3. The number of thiazole rings is 1. The van der Waals surface area contributed by atoms with E-state index in [0.717, 1.165) is 10.6 Å². The van der Waals surface area contributed by atoms with Gasteiger partial charge in [0.25, 0.3) is 11.8 Å². The van der Waals surface area contributed by atoms with Crippen molar-refractivity contribution in [3.05, 3.63) is 117 Å². The maximum Gasteiger partial charge on any atom is 0.356 e. The number of β-lactam (4-membered cyclic amide) rings is 1. The zero-order valence-electron chi connectivity index (χ0n) is 29.7. The Morgan fingerprint density at radius 1 is 1.04 bits per heavy atom. The smallest absolute Gasteiger partial charge is 0.356 e. The minimum absolute atomic E-state index is 0.0476. The van der Waals surface area contributed by atoms with Crippen LogP contribution in [0.3, 0.4) is 0 Å². The van der Waals surface area contributed by atoms with Gasteiger partial charge in [-0.1, -0.05) is 65.8 Å². The fraction of sp³-hybridized carbons (Fsp3) is 0.297. The lowest BCUT2D eigenvalue weighted by Crippen LogP contribution is -2.74. The van der Waals surface area contributed by atoms with Crippen molar-refractivity contribution in [2.45, 2.75) is 55.8 Å². The van der Waals surface area contributed by atoms with E-state index in [0.29, 0.717) is 21.7 Å². The molecule has 0 bridgehead atoms. The zero-order chi connectivity index (χ0) is 38.4. The number of thioether (sulfide) groups is 1. The normalized spacial score (nSPS) is 18.5. The zero-order valence-corrected chi connectivity index (χ0v) is 32.1. The number of oxime groups is 1. The Balaban J connectivity index is 1.27. The molecule has 1 N–H and O–H groups in total. The van der Waals surface area contributed by atoms with Crippen molar-refractivity contribution in [3.63, 3.8) is 0 Å². The first kappa shape index (κ1) is 38.5. The minimum atomic E-state index is -1.75. The Labute approximate surface area is 321 Å². The first-order valence-electron chi connectivity index (χ1n) is 16.7. The molecule has 2 aliphatic heterocycles. The molecular formula is C37H36N6O8S3. The summed E-state index contributed by atoms with van der Waals surface area (Å²) in [6, 6.07) is 20.7. The number of fused-ring (bicyclic) bond motifs is 1. The first-order valence-corrected chi connectivity index (χ1v) is 20.0. The Morgan fingerprint density at radius 2 is 1.72 bits per heavy atom. The first-order chi connectivity index (χ1) is 25.9. The number of aryl methyl sites for hydroxylation is 1. The van der Waals surface area contributed by atoms with Gasteiger partial charge in [-0.2, -0.15) is 5.10 Å². The third kappa shape index (κ3) is 9.09. The summed E-state index contributed by atoms with van der Waals surface area (Å²) in [6.45, 7) is 6.32. The molecule has 14 nitrogen and oxygen atoms in total. The standard InChI is InChI=1S/C37H36N6O8S3/c1-22-15-16-27(41-40-22)53-18-25-20-54(48)35-30(39-33(45)29(26-19-52-21-38-26)42-49-17-28(44)51-37(2,3)4)34(46)43(35)31(25)36(47)50-32(23-11-7-5-8-12-23)24-13-9-6-10-14-24/h5-16,19,21,30,32,35H,17-18,20H2,1-4H3,(H,39,45)/t30?,35-,54?/m0/s1. The number of amides is 2. The molecule has 0 radical (unpaired) electrons. The van der Waals surface area contributed by atoms with Gasteiger partial charge in [0, 0.05) is 11.1 Å². The van der Waals surface area contributed by atoms with Crippen molar-refractivity contribution in [2.75, 3.05) is 18.1 Å². The van der Waals surface area contributed by atoms with Gasteiger partial charge in [-0.25, -0.2) is 14.6 Å². The molecule has 4 aromatic rings. The Kier molecular flexibility index (Phi) is 12.0. The lowest BCUT2D eigenvalue weighted by molar-refractivity contribution is -0.160. The van der Waals surface area contributed by atoms with E-state index in [9.17, 15) is 23.4 Å². The van der Waals surface area contributed by atoms with E-state index in [1.165, 1.54) is 34.0 Å². The second-order valence-electron chi connectivity index (χ2n) is 13.1. The molecule has 1 fully saturated rings. The van der Waals surface area contributed by atoms with Crippen LogP contribution in [0.25, 0.3) is 0 Å². The molecule has 2 aromatic heterocycles. The van der Waals surface area contributed by atoms with Crippen LogP contribution in [-0.4, -0.2) is 88.9 Å². The van der Waals surface area contributed by atoms with Crippen LogP contribution >= 0.6 is 23.1 Å². The highest BCUT2D eigenvalue weighted by Crippen LogP contribution is 2.38. The van der Waals surface area contributed by atoms with Gasteiger partial charge in [-0.05, 0) is 56.5 Å². The number of hydrogen-bond donors (Lipinski definition) is 1. The molecule has 1 saturated heterocycles. The Morgan fingerprint density at radius 3 is 2.31 bits per heavy atom. The van der Waals surface area contributed by atoms with E-state index >= 15 is 0 Å². The molecule has 4 heterocycles. The van der Waals surface area contributed by atoms with Crippen molar-refractivity contribution in [3.8, 4) is 0 Å². The highest BCUT2D eigenvalue weighted by atomic mass is 32.2. The van der Waals surface area contributed by atoms with Crippen LogP contribution in [-0.2, 0) is 44.3 Å². The summed E-state index contributed by atoms with van der Waals surface area (Å²) in [5.74, 6) is -2.94. The number of hydrogen-bond acceptors (Lipinski definition) is 14. The third-order valence-corrected chi connectivity index (χ3v) is 11.2. The maximum atomic E-state index is 14.3. The molecule has 3 atom stereocenters. The van der Waals surface area contributed by atoms with E-state index in [-0.39, 0.29) is 28.6 Å². The lowest BCUT2D eigenvalue weighted by atomic mass is 10.0. The van der Waals surface area contributed by atoms with Gasteiger partial charge in [0.05, 0.1) is 27.8 Å². The SMILES string of the molecule is Cc1ccc(SCC2=C(C(=O)OC(c3ccccc3)c3ccccc3)N3C(=O)C(NC(=O)C(=NOCC(=O)OC(C)(C)C)c4cscn4)[C@@H]3S(=O)C2)nn1. The van der Waals surface area contributed by atoms with E-state index in [1.807, 2.05) is 67.6 Å². The van der Waals surface area contributed by atoms with Crippen molar-refractivity contribution in [1.29, 1.82) is 0 Å². The number of carbonyl (C=O) groups is 4. The number of benzene rings is 2. The lowest BCUT2D eigenvalue weighted by Gasteiger charge is -2.49. The Bertz CT molecular complexity index is 2050. The average molecular weight is 789 g/mol. The minimum Gasteiger partial charge on any atom is -0.457 e. The number of esters is 2. The van der Waals surface area contributed by atoms with Crippen molar-refractivity contribution < 1.29 is 37.7 Å². The van der Waals surface area contributed by atoms with Crippen LogP contribution in [0.2, 0.25) is 0 Å². The number of ether oxygens (including phenoxy) is 2. The molecule has 6 rings (SSSR count). The molecular weight excluding hydrogens is 753 g/mol. The fourth-order valence-electron chi connectivity index (χ4n) is 5.59. The quantitative estimate of drug-likeness (QED) is 0.0676. The molecule has 2 amide bonds. The highest BCUT2D eigenvalue weighted by Gasteiger charge is 2.57. The second-order valence-corrected chi connectivity index (χ2v) is 16.4. The van der Waals surface area contributed by atoms with E-state index in [2.05, 4.69) is 25.7 Å². The summed E-state index contributed by atoms with van der Waals surface area (Å²) in [5, 5.41) is 15.8. The van der Waals surface area contributed by atoms with Crippen LogP contribution in [0.4, 0.5) is 0 Å². The molecule has 280 valence electrons. The molecule has 2 unspecified atom stereocenters. The van der Waals surface area contributed by atoms with E-state index in [4.69, 9.17) is 14.3 Å². The molecule has 0 aliphatic carbocycles. The van der Waals surface area contributed by atoms with Gasteiger partial charge < -0.3 is 19.6 Å². The van der Waals surface area contributed by atoms with Crippen molar-refractivity contribution in [1.82, 2.24) is 25.4 Å². The topological polar surface area (TPSA) is 179 Å². The van der Waals surface area contributed by atoms with Gasteiger partial charge in [-0.3, -0.25) is 18.7 Å². The van der Waals surface area contributed by atoms with Crippen molar-refractivity contribution in [2.24, 2.45) is 5.16 Å². The predicted octanol–water partition coefficient (Wildman–Crippen LogP) is 4.10. The summed E-state index contributed by atoms with van der Waals surface area (Å²) in [5.41, 5.74) is 3.05. The summed E-state index contributed by atoms with van der Waals surface area (Å²) < 4.78 is 25.3. The monoisotopic (exact) mass is 788 g/mol. The predicted molar refractivity (Wildman–Crippen MR) is 201 cm³/mol. The fourth-order valence-corrected chi connectivity index (χ4v) is 8.76. The van der Waals surface area contributed by atoms with Crippen LogP contribution in [0.1, 0.15) is 49.4 Å². The third-order valence-electron chi connectivity index (χ3n) is 7.93. The van der Waals surface area contributed by atoms with Crippen LogP contribution in [0.15, 0.2) is 105 Å². The van der Waals surface area contributed by atoms with Crippen LogP contribution < -0.4 is 5.32 Å². The molecule has 0 saturated carbocycles. The number of carbonyl (C=O) groups excluding carboxylic acids is 4. The van der Waals surface area contributed by atoms with Crippen LogP contribution in [0.5, 0.6) is 0 Å². The number of nitrogens with zero attached hydrogens (tertiary/aromatic N) is 5. The number of rotatable bonds is 13. The van der Waals surface area contributed by atoms with Gasteiger partial charge in [0.2, 0.25) is 6.61 Å². The van der Waals surface area contributed by atoms with E-state index < -0.39 is 64.3 Å². The largest absolute Gasteiger partial charge is 0.457 e. The van der Waals surface area contributed by atoms with E-state index in [1.54, 1.807) is 32.9 Å². The second kappa shape index (κ2) is 16.8. The van der Waals surface area contributed by atoms with Gasteiger partial charge in [-0.15, -0.1) is 28.2 Å². The average Bonchev–Trinajstić information content (AvgIpc) is 3.69. The molecule has 17 heteroatoms. The van der Waals surface area contributed by atoms with Crippen molar-refractivity contribution >= 4 is 63.4 Å². The number of aromatic nitrogens is 3. The summed E-state index contributed by atoms with van der Waals surface area (Å²) in [7, 11) is -1.75. The van der Waals surface area contributed by atoms with Gasteiger partial charge in [0.15, 0.2) is 11.8 Å². The summed E-state index contributed by atoms with van der Waals surface area (Å²) in [6.07, 6.45) is -0.820. The Hall–Kier alpha value is -5.26. The van der Waals surface area contributed by atoms with Gasteiger partial charge in [0.1, 0.15) is 33.4 Å².